The van der Waals surface area contributed by atoms with Gasteiger partial charge in [-0.05, 0) is 17.2 Å². The van der Waals surface area contributed by atoms with Gasteiger partial charge in [-0.25, -0.2) is 0 Å². The van der Waals surface area contributed by atoms with Gasteiger partial charge in [0.05, 0.1) is 11.5 Å². The molecule has 0 saturated heterocycles. The first-order valence-corrected chi connectivity index (χ1v) is 6.36. The van der Waals surface area contributed by atoms with Gasteiger partial charge < -0.3 is 14.9 Å². The molecule has 0 saturated carbocycles. The number of aliphatic hydroxyl groups excluding tert-OH is 2. The van der Waals surface area contributed by atoms with Crippen LogP contribution < -0.4 is 4.74 Å². The van der Waals surface area contributed by atoms with Gasteiger partial charge in [-0.1, -0.05) is 36.4 Å². The molecule has 0 spiro atoms. The van der Waals surface area contributed by atoms with Gasteiger partial charge >= 0.3 is 5.69 Å². The highest BCUT2D eigenvalue weighted by Gasteiger charge is 2.17. The van der Waals surface area contributed by atoms with Crippen LogP contribution >= 0.6 is 0 Å². The number of hydrogen-bond donors (Lipinski definition) is 2. The van der Waals surface area contributed by atoms with Crippen LogP contribution in [-0.4, -0.2) is 21.7 Å². The highest BCUT2D eigenvalue weighted by molar-refractivity contribution is 5.48. The average molecular weight is 289 g/mol. The van der Waals surface area contributed by atoms with E-state index in [0.717, 1.165) is 0 Å². The molecule has 0 bridgehead atoms. The molecule has 21 heavy (non-hydrogen) atoms. The van der Waals surface area contributed by atoms with Crippen LogP contribution in [0.5, 0.6) is 5.75 Å². The molecule has 6 nitrogen and oxygen atoms in total. The van der Waals surface area contributed by atoms with Gasteiger partial charge in [0, 0.05) is 6.07 Å². The minimum Gasteiger partial charge on any atom is -0.484 e. The van der Waals surface area contributed by atoms with Crippen LogP contribution in [0.15, 0.2) is 48.5 Å². The number of benzene rings is 2. The first-order chi connectivity index (χ1) is 10.1. The Kier molecular flexibility index (Phi) is 4.86. The van der Waals surface area contributed by atoms with Crippen LogP contribution in [0.1, 0.15) is 17.2 Å². The molecule has 0 radical (unpaired) electrons. The fraction of sp³-hybridized carbons (Fsp3) is 0.200. The second-order valence-electron chi connectivity index (χ2n) is 4.45. The smallest absolute Gasteiger partial charge is 0.311 e. The lowest BCUT2D eigenvalue weighted by molar-refractivity contribution is -0.386. The Morgan fingerprint density at radius 1 is 1.19 bits per heavy atom. The average Bonchev–Trinajstić information content (AvgIpc) is 2.53. The molecule has 0 aliphatic carbocycles. The Morgan fingerprint density at radius 3 is 2.52 bits per heavy atom. The van der Waals surface area contributed by atoms with Crippen molar-refractivity contribution in [1.82, 2.24) is 0 Å². The lowest BCUT2D eigenvalue weighted by Crippen LogP contribution is -2.10. The third kappa shape index (κ3) is 3.77. The van der Waals surface area contributed by atoms with E-state index in [1.807, 2.05) is 6.07 Å². The molecule has 2 aromatic carbocycles. The number of rotatable bonds is 6. The molecule has 6 heteroatoms. The fourth-order valence-corrected chi connectivity index (χ4v) is 1.87. The molecule has 0 heterocycles. The van der Waals surface area contributed by atoms with Crippen molar-refractivity contribution in [3.63, 3.8) is 0 Å². The van der Waals surface area contributed by atoms with Crippen molar-refractivity contribution in [2.45, 2.75) is 12.7 Å². The Hall–Kier alpha value is -2.44. The summed E-state index contributed by atoms with van der Waals surface area (Å²) in [7, 11) is 0. The number of ether oxygens (including phenoxy) is 1. The molecule has 0 fully saturated rings. The van der Waals surface area contributed by atoms with Crippen molar-refractivity contribution in [2.75, 3.05) is 6.61 Å². The zero-order chi connectivity index (χ0) is 15.2. The van der Waals surface area contributed by atoms with Gasteiger partial charge in [0.25, 0.3) is 0 Å². The summed E-state index contributed by atoms with van der Waals surface area (Å²) in [6.07, 6.45) is -0.872. The van der Waals surface area contributed by atoms with E-state index in [1.54, 1.807) is 24.3 Å². The number of aliphatic hydroxyl groups is 2. The van der Waals surface area contributed by atoms with E-state index in [9.17, 15) is 15.2 Å². The summed E-state index contributed by atoms with van der Waals surface area (Å²) < 4.78 is 5.34. The van der Waals surface area contributed by atoms with Gasteiger partial charge in [-0.2, -0.15) is 0 Å². The van der Waals surface area contributed by atoms with Crippen molar-refractivity contribution in [3.05, 3.63) is 69.8 Å². The van der Waals surface area contributed by atoms with Gasteiger partial charge in [0.15, 0.2) is 5.75 Å². The van der Waals surface area contributed by atoms with E-state index >= 15 is 0 Å². The second-order valence-corrected chi connectivity index (χ2v) is 4.45. The zero-order valence-electron chi connectivity index (χ0n) is 11.2. The van der Waals surface area contributed by atoms with Crippen molar-refractivity contribution in [1.29, 1.82) is 0 Å². The predicted octanol–water partition coefficient (Wildman–Crippen LogP) is 2.20. The Labute approximate surface area is 121 Å². The third-order valence-corrected chi connectivity index (χ3v) is 2.98. The highest BCUT2D eigenvalue weighted by atomic mass is 16.6. The van der Waals surface area contributed by atoms with E-state index in [-0.39, 0.29) is 24.7 Å². The first kappa shape index (κ1) is 15.0. The topological polar surface area (TPSA) is 92.8 Å². The highest BCUT2D eigenvalue weighted by Crippen LogP contribution is 2.29. The number of nitrogens with zero attached hydrogens (tertiary/aromatic N) is 1. The minimum absolute atomic E-state index is 0.0622. The lowest BCUT2D eigenvalue weighted by Gasteiger charge is -2.13. The van der Waals surface area contributed by atoms with Crippen LogP contribution in [0.4, 0.5) is 5.69 Å². The summed E-state index contributed by atoms with van der Waals surface area (Å²) in [5.74, 6) is 0.0622. The minimum atomic E-state index is -0.872. The van der Waals surface area contributed by atoms with E-state index in [4.69, 9.17) is 9.84 Å². The number of nitro groups is 1. The normalized spacial score (nSPS) is 11.9. The molecule has 0 aromatic heterocycles. The van der Waals surface area contributed by atoms with E-state index in [0.29, 0.717) is 11.1 Å². The van der Waals surface area contributed by atoms with E-state index in [2.05, 4.69) is 0 Å². The molecular formula is C15H15NO5. The SMILES string of the molecule is O=[N+]([O-])c1cc(CO)ccc1OCC(O)c1ccccc1. The molecule has 0 aliphatic heterocycles. The maximum absolute atomic E-state index is 11.0. The van der Waals surface area contributed by atoms with Crippen LogP contribution in [0.25, 0.3) is 0 Å². The van der Waals surface area contributed by atoms with Crippen molar-refractivity contribution in [3.8, 4) is 5.75 Å². The summed E-state index contributed by atoms with van der Waals surface area (Å²) in [5.41, 5.74) is 0.867. The van der Waals surface area contributed by atoms with Crippen LogP contribution in [0.3, 0.4) is 0 Å². The fourth-order valence-electron chi connectivity index (χ4n) is 1.87. The molecule has 0 aliphatic rings. The van der Waals surface area contributed by atoms with Gasteiger partial charge in [-0.3, -0.25) is 10.1 Å². The van der Waals surface area contributed by atoms with Crippen LogP contribution in [0.2, 0.25) is 0 Å². The van der Waals surface area contributed by atoms with Gasteiger partial charge in [0.2, 0.25) is 0 Å². The Balaban J connectivity index is 2.11. The molecular weight excluding hydrogens is 274 g/mol. The van der Waals surface area contributed by atoms with E-state index < -0.39 is 11.0 Å². The second kappa shape index (κ2) is 6.83. The summed E-state index contributed by atoms with van der Waals surface area (Å²) >= 11 is 0. The molecule has 2 aromatic rings. The third-order valence-electron chi connectivity index (χ3n) is 2.98. The van der Waals surface area contributed by atoms with Gasteiger partial charge in [0.1, 0.15) is 12.7 Å². The largest absolute Gasteiger partial charge is 0.484 e. The Morgan fingerprint density at radius 2 is 1.90 bits per heavy atom. The van der Waals surface area contributed by atoms with Crippen LogP contribution in [0, 0.1) is 10.1 Å². The predicted molar refractivity (Wildman–Crippen MR) is 75.9 cm³/mol. The van der Waals surface area contributed by atoms with Crippen LogP contribution in [-0.2, 0) is 6.61 Å². The molecule has 110 valence electrons. The molecule has 2 rings (SSSR count). The molecule has 0 amide bonds. The number of hydrogen-bond acceptors (Lipinski definition) is 5. The van der Waals surface area contributed by atoms with Crippen molar-refractivity contribution in [2.24, 2.45) is 0 Å². The Bertz CT molecular complexity index is 615. The summed E-state index contributed by atoms with van der Waals surface area (Å²) in [6, 6.07) is 13.1. The number of nitro benzene ring substituents is 1. The van der Waals surface area contributed by atoms with Crippen molar-refractivity contribution >= 4 is 5.69 Å². The maximum atomic E-state index is 11.0. The molecule has 1 unspecified atom stereocenters. The monoisotopic (exact) mass is 289 g/mol. The zero-order valence-corrected chi connectivity index (χ0v) is 11.2. The summed E-state index contributed by atoms with van der Waals surface area (Å²) in [6.45, 7) is -0.378. The lowest BCUT2D eigenvalue weighted by atomic mass is 10.1. The van der Waals surface area contributed by atoms with Crippen molar-refractivity contribution < 1.29 is 19.9 Å². The maximum Gasteiger partial charge on any atom is 0.311 e. The molecule has 2 N–H and O–H groups in total. The standard InChI is InChI=1S/C15H15NO5/c17-9-11-6-7-15(13(8-11)16(19)20)21-10-14(18)12-4-2-1-3-5-12/h1-8,14,17-18H,9-10H2. The summed E-state index contributed by atoms with van der Waals surface area (Å²) in [4.78, 5) is 10.4. The summed E-state index contributed by atoms with van der Waals surface area (Å²) in [5, 5.41) is 30.0. The van der Waals surface area contributed by atoms with E-state index in [1.165, 1.54) is 18.2 Å². The first-order valence-electron chi connectivity index (χ1n) is 6.36. The van der Waals surface area contributed by atoms with Gasteiger partial charge in [-0.15, -0.1) is 0 Å². The quantitative estimate of drug-likeness (QED) is 0.628. The molecule has 1 atom stereocenters.